The minimum absolute atomic E-state index is 0.145. The highest BCUT2D eigenvalue weighted by Crippen LogP contribution is 2.25. The molecule has 0 spiro atoms. The van der Waals surface area contributed by atoms with Crippen LogP contribution in [0, 0.1) is 0 Å². The molecular formula is C14H18BrN3OS. The van der Waals surface area contributed by atoms with Gasteiger partial charge in [0.1, 0.15) is 0 Å². The minimum atomic E-state index is 0.145. The van der Waals surface area contributed by atoms with Crippen LogP contribution in [0.5, 0.6) is 5.88 Å². The Morgan fingerprint density at radius 3 is 2.80 bits per heavy atom. The number of aromatic nitrogens is 1. The van der Waals surface area contributed by atoms with E-state index < -0.39 is 0 Å². The van der Waals surface area contributed by atoms with Crippen LogP contribution in [0.4, 0.5) is 0 Å². The van der Waals surface area contributed by atoms with Crippen molar-refractivity contribution in [2.75, 3.05) is 20.7 Å². The van der Waals surface area contributed by atoms with Crippen LogP contribution >= 0.6 is 27.3 Å². The summed E-state index contributed by atoms with van der Waals surface area (Å²) in [7, 11) is 3.69. The van der Waals surface area contributed by atoms with Gasteiger partial charge in [-0.15, -0.1) is 11.3 Å². The number of rotatable bonds is 6. The molecule has 0 bridgehead atoms. The minimum Gasteiger partial charge on any atom is -0.481 e. The third-order valence-corrected chi connectivity index (χ3v) is 4.72. The van der Waals surface area contributed by atoms with Crippen molar-refractivity contribution in [1.82, 2.24) is 9.88 Å². The SMILES string of the molecule is COc1ccc(C(CN)N(C)Cc2csc(Br)c2)cn1. The van der Waals surface area contributed by atoms with E-state index in [9.17, 15) is 0 Å². The molecule has 20 heavy (non-hydrogen) atoms. The maximum atomic E-state index is 5.93. The Morgan fingerprint density at radius 1 is 1.50 bits per heavy atom. The van der Waals surface area contributed by atoms with Crippen LogP contribution in [0.15, 0.2) is 33.6 Å². The second-order valence-electron chi connectivity index (χ2n) is 4.56. The first-order chi connectivity index (χ1) is 9.63. The zero-order chi connectivity index (χ0) is 14.5. The fraction of sp³-hybridized carbons (Fsp3) is 0.357. The van der Waals surface area contributed by atoms with Gasteiger partial charge in [0.25, 0.3) is 0 Å². The van der Waals surface area contributed by atoms with Crippen LogP contribution in [0.25, 0.3) is 0 Å². The highest BCUT2D eigenvalue weighted by atomic mass is 79.9. The maximum absolute atomic E-state index is 5.93. The van der Waals surface area contributed by atoms with Crippen molar-refractivity contribution in [3.8, 4) is 5.88 Å². The van der Waals surface area contributed by atoms with Gasteiger partial charge in [0.2, 0.25) is 5.88 Å². The molecule has 0 aromatic carbocycles. The van der Waals surface area contributed by atoms with Gasteiger partial charge < -0.3 is 10.5 Å². The molecule has 0 aliphatic heterocycles. The van der Waals surface area contributed by atoms with E-state index in [1.54, 1.807) is 18.4 Å². The van der Waals surface area contributed by atoms with Crippen molar-refractivity contribution < 1.29 is 4.74 Å². The molecule has 2 rings (SSSR count). The van der Waals surface area contributed by atoms with Gasteiger partial charge in [0.05, 0.1) is 10.9 Å². The standard InChI is InChI=1S/C14H18BrN3OS/c1-18(8-10-5-13(15)20-9-10)12(6-16)11-3-4-14(19-2)17-7-11/h3-5,7,9,12H,6,8,16H2,1-2H3. The lowest BCUT2D eigenvalue weighted by Gasteiger charge is -2.26. The highest BCUT2D eigenvalue weighted by Gasteiger charge is 2.16. The van der Waals surface area contributed by atoms with Crippen molar-refractivity contribution in [2.45, 2.75) is 12.6 Å². The predicted octanol–water partition coefficient (Wildman–Crippen LogP) is 3.05. The van der Waals surface area contributed by atoms with Crippen molar-refractivity contribution >= 4 is 27.3 Å². The largest absolute Gasteiger partial charge is 0.481 e. The Balaban J connectivity index is 2.09. The van der Waals surface area contributed by atoms with Gasteiger partial charge in [-0.1, -0.05) is 6.07 Å². The van der Waals surface area contributed by atoms with Crippen LogP contribution in [-0.2, 0) is 6.54 Å². The molecule has 0 saturated carbocycles. The summed E-state index contributed by atoms with van der Waals surface area (Å²) in [5.41, 5.74) is 8.31. The van der Waals surface area contributed by atoms with E-state index in [4.69, 9.17) is 10.5 Å². The predicted molar refractivity (Wildman–Crippen MR) is 86.1 cm³/mol. The number of ether oxygens (including phenoxy) is 1. The number of hydrogen-bond acceptors (Lipinski definition) is 5. The zero-order valence-corrected chi connectivity index (χ0v) is 13.9. The van der Waals surface area contributed by atoms with Crippen LogP contribution < -0.4 is 10.5 Å². The number of thiophene rings is 1. The molecule has 4 nitrogen and oxygen atoms in total. The first-order valence-corrected chi connectivity index (χ1v) is 7.94. The fourth-order valence-corrected chi connectivity index (χ4v) is 3.31. The molecule has 2 heterocycles. The average Bonchev–Trinajstić information content (AvgIpc) is 2.85. The Morgan fingerprint density at radius 2 is 2.30 bits per heavy atom. The summed E-state index contributed by atoms with van der Waals surface area (Å²) < 4.78 is 6.23. The Kier molecular flexibility index (Phi) is 5.54. The second-order valence-corrected chi connectivity index (χ2v) is 6.85. The summed E-state index contributed by atoms with van der Waals surface area (Å²) in [5, 5.41) is 2.15. The Bertz CT molecular complexity index is 544. The van der Waals surface area contributed by atoms with E-state index in [-0.39, 0.29) is 6.04 Å². The summed E-state index contributed by atoms with van der Waals surface area (Å²) in [4.78, 5) is 6.48. The maximum Gasteiger partial charge on any atom is 0.212 e. The van der Waals surface area contributed by atoms with Gasteiger partial charge >= 0.3 is 0 Å². The number of likely N-dealkylation sites (N-methyl/N-ethyl adjacent to an activating group) is 1. The number of nitrogens with zero attached hydrogens (tertiary/aromatic N) is 2. The second kappa shape index (κ2) is 7.17. The molecule has 108 valence electrons. The monoisotopic (exact) mass is 355 g/mol. The summed E-state index contributed by atoms with van der Waals surface area (Å²) in [6, 6.07) is 6.17. The quantitative estimate of drug-likeness (QED) is 0.864. The van der Waals surface area contributed by atoms with Crippen molar-refractivity contribution in [2.24, 2.45) is 5.73 Å². The molecule has 0 saturated heterocycles. The number of halogens is 1. The first kappa shape index (κ1) is 15.4. The van der Waals surface area contributed by atoms with Gasteiger partial charge in [-0.2, -0.15) is 0 Å². The third-order valence-electron chi connectivity index (χ3n) is 3.16. The van der Waals surface area contributed by atoms with Gasteiger partial charge in [0.15, 0.2) is 0 Å². The summed E-state index contributed by atoms with van der Waals surface area (Å²) in [6.45, 7) is 1.41. The van der Waals surface area contributed by atoms with Gasteiger partial charge in [0, 0.05) is 31.4 Å². The molecule has 0 aliphatic rings. The van der Waals surface area contributed by atoms with Crippen molar-refractivity contribution in [3.63, 3.8) is 0 Å². The number of hydrogen-bond donors (Lipinski definition) is 1. The smallest absolute Gasteiger partial charge is 0.212 e. The lowest BCUT2D eigenvalue weighted by molar-refractivity contribution is 0.241. The van der Waals surface area contributed by atoms with Crippen molar-refractivity contribution in [3.05, 3.63) is 44.7 Å². The third kappa shape index (κ3) is 3.79. The Labute approximate surface area is 131 Å². The Hall–Kier alpha value is -0.950. The average molecular weight is 356 g/mol. The molecule has 6 heteroatoms. The summed E-state index contributed by atoms with van der Waals surface area (Å²) in [6.07, 6.45) is 1.83. The molecule has 1 atom stereocenters. The molecule has 0 fully saturated rings. The lowest BCUT2D eigenvalue weighted by atomic mass is 10.1. The molecule has 0 aliphatic carbocycles. The molecule has 2 aromatic rings. The van der Waals surface area contributed by atoms with Crippen LogP contribution in [-0.4, -0.2) is 30.6 Å². The molecule has 0 amide bonds. The van der Waals surface area contributed by atoms with E-state index in [1.807, 2.05) is 18.3 Å². The summed E-state index contributed by atoms with van der Waals surface area (Å²) in [5.74, 6) is 0.619. The number of methoxy groups -OCH3 is 1. The number of nitrogens with two attached hydrogens (primary N) is 1. The first-order valence-electron chi connectivity index (χ1n) is 6.27. The van der Waals surface area contributed by atoms with E-state index in [1.165, 1.54) is 5.56 Å². The molecule has 2 N–H and O–H groups in total. The van der Waals surface area contributed by atoms with Gasteiger partial charge in [-0.25, -0.2) is 4.98 Å². The molecule has 2 aromatic heterocycles. The fourth-order valence-electron chi connectivity index (χ4n) is 2.11. The van der Waals surface area contributed by atoms with Gasteiger partial charge in [-0.3, -0.25) is 4.90 Å². The van der Waals surface area contributed by atoms with E-state index in [0.717, 1.165) is 15.9 Å². The normalized spacial score (nSPS) is 12.7. The molecule has 1 unspecified atom stereocenters. The molecule has 0 radical (unpaired) electrons. The molecular weight excluding hydrogens is 338 g/mol. The lowest BCUT2D eigenvalue weighted by Crippen LogP contribution is -2.30. The van der Waals surface area contributed by atoms with Crippen molar-refractivity contribution in [1.29, 1.82) is 0 Å². The topological polar surface area (TPSA) is 51.4 Å². The van der Waals surface area contributed by atoms with E-state index in [2.05, 4.69) is 44.3 Å². The highest BCUT2D eigenvalue weighted by molar-refractivity contribution is 9.11. The van der Waals surface area contributed by atoms with Crippen LogP contribution in [0.3, 0.4) is 0 Å². The van der Waals surface area contributed by atoms with E-state index in [0.29, 0.717) is 12.4 Å². The van der Waals surface area contributed by atoms with Gasteiger partial charge in [-0.05, 0) is 45.6 Å². The van der Waals surface area contributed by atoms with Crippen LogP contribution in [0.1, 0.15) is 17.2 Å². The number of pyridine rings is 1. The van der Waals surface area contributed by atoms with Crippen LogP contribution in [0.2, 0.25) is 0 Å². The van der Waals surface area contributed by atoms with E-state index >= 15 is 0 Å². The zero-order valence-electron chi connectivity index (χ0n) is 11.5. The summed E-state index contributed by atoms with van der Waals surface area (Å²) >= 11 is 5.18.